The second-order valence-corrected chi connectivity index (χ2v) is 6.83. The predicted octanol–water partition coefficient (Wildman–Crippen LogP) is 4.88. The Hall–Kier alpha value is -2.27. The highest BCUT2D eigenvalue weighted by molar-refractivity contribution is 7.11. The Kier molecular flexibility index (Phi) is 3.66. The molecule has 2 heterocycles. The monoisotopic (exact) mass is 315 g/mol. The molecule has 0 saturated carbocycles. The minimum atomic E-state index is -0.565. The molecule has 4 nitrogen and oxygen atoms in total. The highest BCUT2D eigenvalue weighted by Crippen LogP contribution is 2.40. The molecule has 2 aromatic rings. The molecule has 0 aliphatic carbocycles. The van der Waals surface area contributed by atoms with E-state index in [1.165, 1.54) is 0 Å². The first-order chi connectivity index (χ1) is 10.5. The summed E-state index contributed by atoms with van der Waals surface area (Å²) in [6.45, 7) is 5.56. The third kappa shape index (κ3) is 2.85. The van der Waals surface area contributed by atoms with E-state index in [2.05, 4.69) is 0 Å². The van der Waals surface area contributed by atoms with Crippen LogP contribution in [0.1, 0.15) is 25.6 Å². The number of rotatable bonds is 1. The van der Waals surface area contributed by atoms with Gasteiger partial charge in [-0.25, -0.2) is 9.69 Å². The van der Waals surface area contributed by atoms with Crippen molar-refractivity contribution in [3.8, 4) is 5.75 Å². The molecule has 0 bridgehead atoms. The number of thiophene rings is 1. The van der Waals surface area contributed by atoms with E-state index in [1.807, 2.05) is 62.5 Å². The normalized spacial score (nSPS) is 14.0. The molecule has 0 atom stereocenters. The molecule has 0 unspecified atom stereocenters. The smallest absolute Gasteiger partial charge is 0.419 e. The van der Waals surface area contributed by atoms with Crippen molar-refractivity contribution < 1.29 is 14.3 Å². The fraction of sp³-hybridized carbons (Fsp3) is 0.235. The van der Waals surface area contributed by atoms with Crippen molar-refractivity contribution in [2.24, 2.45) is 0 Å². The molecule has 5 heteroatoms. The van der Waals surface area contributed by atoms with Gasteiger partial charge >= 0.3 is 6.09 Å². The molecule has 1 amide bonds. The maximum Gasteiger partial charge on any atom is 0.419 e. The predicted molar refractivity (Wildman–Crippen MR) is 88.1 cm³/mol. The number of carbonyl (C=O) groups is 1. The van der Waals surface area contributed by atoms with Gasteiger partial charge in [0.25, 0.3) is 0 Å². The van der Waals surface area contributed by atoms with Gasteiger partial charge in [-0.05, 0) is 44.4 Å². The van der Waals surface area contributed by atoms with E-state index in [1.54, 1.807) is 22.5 Å². The zero-order chi connectivity index (χ0) is 15.7. The minimum absolute atomic E-state index is 0.414. The van der Waals surface area contributed by atoms with Crippen molar-refractivity contribution in [2.75, 3.05) is 4.90 Å². The first-order valence-corrected chi connectivity index (χ1v) is 7.86. The SMILES string of the molecule is CC(C)(C)OC(=O)N1C(c2cccs2)=COc2ccccc21. The lowest BCUT2D eigenvalue weighted by molar-refractivity contribution is 0.0598. The van der Waals surface area contributed by atoms with Crippen molar-refractivity contribution in [2.45, 2.75) is 26.4 Å². The minimum Gasteiger partial charge on any atom is -0.461 e. The van der Waals surface area contributed by atoms with Crippen molar-refractivity contribution in [1.29, 1.82) is 0 Å². The van der Waals surface area contributed by atoms with Crippen molar-refractivity contribution in [3.63, 3.8) is 0 Å². The van der Waals surface area contributed by atoms with Crippen LogP contribution in [0.15, 0.2) is 48.0 Å². The van der Waals surface area contributed by atoms with E-state index in [9.17, 15) is 4.79 Å². The van der Waals surface area contributed by atoms with E-state index < -0.39 is 11.7 Å². The fourth-order valence-corrected chi connectivity index (χ4v) is 2.86. The van der Waals surface area contributed by atoms with Gasteiger partial charge in [-0.15, -0.1) is 11.3 Å². The second kappa shape index (κ2) is 5.50. The number of ether oxygens (including phenoxy) is 2. The fourth-order valence-electron chi connectivity index (χ4n) is 2.14. The molecule has 1 aliphatic rings. The zero-order valence-electron chi connectivity index (χ0n) is 12.7. The van der Waals surface area contributed by atoms with Gasteiger partial charge in [-0.2, -0.15) is 0 Å². The Balaban J connectivity index is 2.04. The van der Waals surface area contributed by atoms with E-state index in [0.29, 0.717) is 17.1 Å². The molecule has 0 saturated heterocycles. The lowest BCUT2D eigenvalue weighted by Crippen LogP contribution is -2.37. The highest BCUT2D eigenvalue weighted by atomic mass is 32.1. The lowest BCUT2D eigenvalue weighted by Gasteiger charge is -2.31. The lowest BCUT2D eigenvalue weighted by atomic mass is 10.2. The topological polar surface area (TPSA) is 38.8 Å². The van der Waals surface area contributed by atoms with Gasteiger partial charge in [-0.3, -0.25) is 0 Å². The van der Waals surface area contributed by atoms with Gasteiger partial charge in [0.1, 0.15) is 17.6 Å². The molecule has 3 rings (SSSR count). The number of hydrogen-bond acceptors (Lipinski definition) is 4. The quantitative estimate of drug-likeness (QED) is 0.753. The number of benzene rings is 1. The molecular formula is C17H17NO3S. The van der Waals surface area contributed by atoms with Gasteiger partial charge in [0.15, 0.2) is 5.75 Å². The zero-order valence-corrected chi connectivity index (χ0v) is 13.5. The first-order valence-electron chi connectivity index (χ1n) is 6.98. The highest BCUT2D eigenvalue weighted by Gasteiger charge is 2.32. The average Bonchev–Trinajstić information content (AvgIpc) is 2.98. The molecule has 22 heavy (non-hydrogen) atoms. The molecule has 1 aromatic heterocycles. The van der Waals surface area contributed by atoms with Crippen LogP contribution in [0.4, 0.5) is 10.5 Å². The van der Waals surface area contributed by atoms with Crippen LogP contribution < -0.4 is 9.64 Å². The van der Waals surface area contributed by atoms with Crippen LogP contribution >= 0.6 is 11.3 Å². The summed E-state index contributed by atoms with van der Waals surface area (Å²) in [7, 11) is 0. The number of fused-ring (bicyclic) bond motifs is 1. The molecule has 0 spiro atoms. The second-order valence-electron chi connectivity index (χ2n) is 5.88. The van der Waals surface area contributed by atoms with Crippen LogP contribution in [0.25, 0.3) is 5.70 Å². The van der Waals surface area contributed by atoms with E-state index in [4.69, 9.17) is 9.47 Å². The number of anilines is 1. The Labute approximate surface area is 133 Å². The number of amides is 1. The van der Waals surface area contributed by atoms with E-state index in [0.717, 1.165) is 4.88 Å². The third-order valence-corrected chi connectivity index (χ3v) is 3.89. The molecule has 0 radical (unpaired) electrons. The van der Waals surface area contributed by atoms with Gasteiger partial charge < -0.3 is 9.47 Å². The van der Waals surface area contributed by atoms with Gasteiger partial charge in [0.05, 0.1) is 10.6 Å². The summed E-state index contributed by atoms with van der Waals surface area (Å²) in [5.74, 6) is 0.633. The molecular weight excluding hydrogens is 298 g/mol. The summed E-state index contributed by atoms with van der Waals surface area (Å²) in [5.41, 5.74) is 0.802. The van der Waals surface area contributed by atoms with Crippen LogP contribution in [0.3, 0.4) is 0 Å². The molecule has 0 fully saturated rings. The maximum atomic E-state index is 12.7. The van der Waals surface area contributed by atoms with Crippen LogP contribution in [0.2, 0.25) is 0 Å². The summed E-state index contributed by atoms with van der Waals surface area (Å²) in [6.07, 6.45) is 1.18. The number of nitrogens with zero attached hydrogens (tertiary/aromatic N) is 1. The number of hydrogen-bond donors (Lipinski definition) is 0. The van der Waals surface area contributed by atoms with Crippen LogP contribution in [0.5, 0.6) is 5.75 Å². The van der Waals surface area contributed by atoms with Crippen LogP contribution in [-0.2, 0) is 4.74 Å². The number of carbonyl (C=O) groups excluding carboxylic acids is 1. The Morgan fingerprint density at radius 3 is 2.64 bits per heavy atom. The summed E-state index contributed by atoms with van der Waals surface area (Å²) in [6, 6.07) is 11.3. The number of para-hydroxylation sites is 2. The molecule has 1 aliphatic heterocycles. The van der Waals surface area contributed by atoms with Crippen molar-refractivity contribution >= 4 is 28.8 Å². The Morgan fingerprint density at radius 2 is 1.95 bits per heavy atom. The van der Waals surface area contributed by atoms with Crippen LogP contribution in [0, 0.1) is 0 Å². The summed E-state index contributed by atoms with van der Waals surface area (Å²) in [5, 5.41) is 1.96. The van der Waals surface area contributed by atoms with Crippen molar-refractivity contribution in [1.82, 2.24) is 0 Å². The Bertz CT molecular complexity index is 714. The standard InChI is InChI=1S/C17H17NO3S/c1-17(2,3)21-16(19)18-12-7-4-5-8-14(12)20-11-13(18)15-9-6-10-22-15/h4-11H,1-3H3. The average molecular weight is 315 g/mol. The van der Waals surface area contributed by atoms with Gasteiger partial charge in [0.2, 0.25) is 0 Å². The maximum absolute atomic E-state index is 12.7. The Morgan fingerprint density at radius 1 is 1.18 bits per heavy atom. The van der Waals surface area contributed by atoms with Crippen LogP contribution in [-0.4, -0.2) is 11.7 Å². The van der Waals surface area contributed by atoms with E-state index >= 15 is 0 Å². The summed E-state index contributed by atoms with van der Waals surface area (Å²) in [4.78, 5) is 15.2. The van der Waals surface area contributed by atoms with Crippen molar-refractivity contribution in [3.05, 3.63) is 52.9 Å². The largest absolute Gasteiger partial charge is 0.461 e. The van der Waals surface area contributed by atoms with Gasteiger partial charge in [-0.1, -0.05) is 18.2 Å². The van der Waals surface area contributed by atoms with Gasteiger partial charge in [0, 0.05) is 0 Å². The third-order valence-electron chi connectivity index (χ3n) is 2.99. The molecule has 1 aromatic carbocycles. The molecule has 0 N–H and O–H groups in total. The summed E-state index contributed by atoms with van der Waals surface area (Å²) < 4.78 is 11.2. The molecule has 114 valence electrons. The first kappa shape index (κ1) is 14.7. The van der Waals surface area contributed by atoms with E-state index in [-0.39, 0.29) is 0 Å². The summed E-state index contributed by atoms with van der Waals surface area (Å²) >= 11 is 1.55.